The van der Waals surface area contributed by atoms with Gasteiger partial charge < -0.3 is 15.3 Å². The van der Waals surface area contributed by atoms with Crippen molar-refractivity contribution in [2.24, 2.45) is 5.92 Å². The van der Waals surface area contributed by atoms with Gasteiger partial charge in [0.15, 0.2) is 0 Å². The smallest absolute Gasteiger partial charge is 0.317 e. The number of carbonyl (C=O) groups excluding carboxylic acids is 1. The number of nitrogens with zero attached hydrogens (tertiary/aromatic N) is 1. The first-order valence-corrected chi connectivity index (χ1v) is 7.82. The van der Waals surface area contributed by atoms with E-state index in [9.17, 15) is 14.3 Å². The maximum Gasteiger partial charge on any atom is 0.317 e. The number of carbonyl (C=O) groups is 1. The lowest BCUT2D eigenvalue weighted by Gasteiger charge is -2.33. The van der Waals surface area contributed by atoms with Crippen LogP contribution in [0.15, 0.2) is 24.3 Å². The zero-order valence-corrected chi connectivity index (χ0v) is 13.3. The third-order valence-electron chi connectivity index (χ3n) is 4.35. The largest absolute Gasteiger partial charge is 0.396 e. The van der Waals surface area contributed by atoms with Crippen molar-refractivity contribution in [2.45, 2.75) is 32.1 Å². The maximum atomic E-state index is 13.3. The molecule has 0 saturated carbocycles. The fourth-order valence-electron chi connectivity index (χ4n) is 2.82. The number of aliphatic hydroxyl groups is 1. The lowest BCUT2D eigenvalue weighted by atomic mass is 9.84. The summed E-state index contributed by atoms with van der Waals surface area (Å²) in [5.41, 5.74) is 0.517. The van der Waals surface area contributed by atoms with Crippen LogP contribution in [0, 0.1) is 11.7 Å². The lowest BCUT2D eigenvalue weighted by molar-refractivity contribution is 0.129. The Morgan fingerprint density at radius 2 is 2.27 bits per heavy atom. The van der Waals surface area contributed by atoms with Crippen LogP contribution in [0.25, 0.3) is 0 Å². The van der Waals surface area contributed by atoms with E-state index in [1.54, 1.807) is 11.0 Å². The topological polar surface area (TPSA) is 52.6 Å². The Morgan fingerprint density at radius 3 is 2.95 bits per heavy atom. The van der Waals surface area contributed by atoms with Gasteiger partial charge in [0.2, 0.25) is 0 Å². The molecular weight excluding hydrogens is 283 g/mol. The number of urea groups is 1. The second-order valence-electron chi connectivity index (χ2n) is 6.69. The number of likely N-dealkylation sites (tertiary alicyclic amines) is 1. The number of amides is 2. The normalized spacial score (nSPS) is 19.1. The monoisotopic (exact) mass is 308 g/mol. The average molecular weight is 308 g/mol. The highest BCUT2D eigenvalue weighted by atomic mass is 19.1. The van der Waals surface area contributed by atoms with Crippen LogP contribution in [0.2, 0.25) is 0 Å². The predicted molar refractivity (Wildman–Crippen MR) is 84.2 cm³/mol. The van der Waals surface area contributed by atoms with Gasteiger partial charge in [0.1, 0.15) is 5.82 Å². The number of rotatable bonds is 4. The van der Waals surface area contributed by atoms with Crippen molar-refractivity contribution in [2.75, 3.05) is 26.2 Å². The number of nitrogens with one attached hydrogen (secondary N) is 1. The molecule has 4 nitrogen and oxygen atoms in total. The molecule has 0 bridgehead atoms. The van der Waals surface area contributed by atoms with Crippen LogP contribution in [0.5, 0.6) is 0 Å². The summed E-state index contributed by atoms with van der Waals surface area (Å²) in [6, 6.07) is 6.38. The summed E-state index contributed by atoms with van der Waals surface area (Å²) in [5, 5.41) is 12.2. The number of benzene rings is 1. The minimum Gasteiger partial charge on any atom is -0.396 e. The third-order valence-corrected chi connectivity index (χ3v) is 4.35. The quantitative estimate of drug-likeness (QED) is 0.898. The van der Waals surface area contributed by atoms with Crippen molar-refractivity contribution in [3.05, 3.63) is 35.6 Å². The van der Waals surface area contributed by atoms with Crippen molar-refractivity contribution in [3.63, 3.8) is 0 Å². The summed E-state index contributed by atoms with van der Waals surface area (Å²) in [4.78, 5) is 14.0. The SMILES string of the molecule is CC(C)(CNC(=O)N1CCCC(CO)C1)c1cccc(F)c1. The van der Waals surface area contributed by atoms with Crippen molar-refractivity contribution in [3.8, 4) is 0 Å². The highest BCUT2D eigenvalue weighted by Crippen LogP contribution is 2.23. The molecule has 1 aliphatic rings. The predicted octanol–water partition coefficient (Wildman–Crippen LogP) is 2.52. The van der Waals surface area contributed by atoms with Crippen molar-refractivity contribution in [1.29, 1.82) is 0 Å². The molecular formula is C17H25FN2O2. The Bertz CT molecular complexity index is 519. The standard InChI is InChI=1S/C17H25FN2O2/c1-17(2,14-6-3-7-15(18)9-14)12-19-16(22)20-8-4-5-13(10-20)11-21/h3,6-7,9,13,21H,4-5,8,10-12H2,1-2H3,(H,19,22). The molecule has 2 amide bonds. The minimum absolute atomic E-state index is 0.109. The Hall–Kier alpha value is -1.62. The van der Waals surface area contributed by atoms with Gasteiger partial charge in [0.25, 0.3) is 0 Å². The van der Waals surface area contributed by atoms with E-state index >= 15 is 0 Å². The summed E-state index contributed by atoms with van der Waals surface area (Å²) < 4.78 is 13.3. The van der Waals surface area contributed by atoms with Gasteiger partial charge in [-0.3, -0.25) is 0 Å². The van der Waals surface area contributed by atoms with E-state index in [4.69, 9.17) is 0 Å². The highest BCUT2D eigenvalue weighted by Gasteiger charge is 2.26. The molecule has 1 aromatic rings. The Labute approximate surface area is 131 Å². The Morgan fingerprint density at radius 1 is 1.50 bits per heavy atom. The summed E-state index contributed by atoms with van der Waals surface area (Å²) in [7, 11) is 0. The van der Waals surface area contributed by atoms with Gasteiger partial charge in [-0.1, -0.05) is 26.0 Å². The van der Waals surface area contributed by atoms with E-state index in [1.807, 2.05) is 19.9 Å². The molecule has 0 radical (unpaired) electrons. The molecule has 1 aromatic carbocycles. The zero-order chi connectivity index (χ0) is 16.2. The first-order valence-electron chi connectivity index (χ1n) is 7.82. The van der Waals surface area contributed by atoms with Crippen molar-refractivity contribution < 1.29 is 14.3 Å². The molecule has 2 N–H and O–H groups in total. The van der Waals surface area contributed by atoms with E-state index in [1.165, 1.54) is 12.1 Å². The van der Waals surface area contributed by atoms with Gasteiger partial charge in [-0.2, -0.15) is 0 Å². The molecule has 1 saturated heterocycles. The molecule has 22 heavy (non-hydrogen) atoms. The Balaban J connectivity index is 1.92. The summed E-state index contributed by atoms with van der Waals surface area (Å²) in [6.45, 7) is 5.85. The summed E-state index contributed by atoms with van der Waals surface area (Å²) in [6.07, 6.45) is 1.89. The fraction of sp³-hybridized carbons (Fsp3) is 0.588. The molecule has 1 unspecified atom stereocenters. The molecule has 1 atom stereocenters. The second kappa shape index (κ2) is 7.09. The van der Waals surface area contributed by atoms with Gasteiger partial charge in [-0.15, -0.1) is 0 Å². The lowest BCUT2D eigenvalue weighted by Crippen LogP contribution is -2.48. The van der Waals surface area contributed by atoms with Crippen LogP contribution in [0.3, 0.4) is 0 Å². The summed E-state index contributed by atoms with van der Waals surface area (Å²) >= 11 is 0. The molecule has 1 heterocycles. The molecule has 122 valence electrons. The first kappa shape index (κ1) is 16.7. The highest BCUT2D eigenvalue weighted by molar-refractivity contribution is 5.74. The van der Waals surface area contributed by atoms with Gasteiger partial charge in [0, 0.05) is 31.7 Å². The molecule has 0 spiro atoms. The van der Waals surface area contributed by atoms with E-state index in [2.05, 4.69) is 5.32 Å². The number of aliphatic hydroxyl groups excluding tert-OH is 1. The zero-order valence-electron chi connectivity index (χ0n) is 13.3. The molecule has 1 fully saturated rings. The van der Waals surface area contributed by atoms with E-state index in [0.29, 0.717) is 13.1 Å². The number of hydrogen-bond acceptors (Lipinski definition) is 2. The van der Waals surface area contributed by atoms with E-state index in [-0.39, 0.29) is 29.8 Å². The van der Waals surface area contributed by atoms with Crippen LogP contribution in [-0.2, 0) is 5.41 Å². The van der Waals surface area contributed by atoms with Crippen molar-refractivity contribution >= 4 is 6.03 Å². The fourth-order valence-corrected chi connectivity index (χ4v) is 2.82. The first-order chi connectivity index (χ1) is 10.4. The molecule has 0 aliphatic carbocycles. The van der Waals surface area contributed by atoms with Crippen LogP contribution < -0.4 is 5.32 Å². The minimum atomic E-state index is -0.343. The second-order valence-corrected chi connectivity index (χ2v) is 6.69. The Kier molecular flexibility index (Phi) is 5.40. The van der Waals surface area contributed by atoms with Gasteiger partial charge in [-0.25, -0.2) is 9.18 Å². The van der Waals surface area contributed by atoms with Gasteiger partial charge >= 0.3 is 6.03 Å². The van der Waals surface area contributed by atoms with E-state index in [0.717, 1.165) is 24.9 Å². The maximum absolute atomic E-state index is 13.3. The molecule has 0 aromatic heterocycles. The molecule has 1 aliphatic heterocycles. The molecule has 5 heteroatoms. The van der Waals surface area contributed by atoms with Gasteiger partial charge in [0.05, 0.1) is 0 Å². The van der Waals surface area contributed by atoms with Crippen LogP contribution in [0.1, 0.15) is 32.3 Å². The van der Waals surface area contributed by atoms with E-state index < -0.39 is 0 Å². The van der Waals surface area contributed by atoms with Crippen LogP contribution in [-0.4, -0.2) is 42.3 Å². The van der Waals surface area contributed by atoms with Gasteiger partial charge in [-0.05, 0) is 36.5 Å². The summed E-state index contributed by atoms with van der Waals surface area (Å²) in [5.74, 6) is -0.0885. The average Bonchev–Trinajstić information content (AvgIpc) is 2.52. The molecule has 2 rings (SSSR count). The van der Waals surface area contributed by atoms with Crippen LogP contribution in [0.4, 0.5) is 9.18 Å². The third kappa shape index (κ3) is 4.19. The number of piperidine rings is 1. The number of hydrogen-bond donors (Lipinski definition) is 2. The number of halogens is 1. The van der Waals surface area contributed by atoms with Crippen molar-refractivity contribution in [1.82, 2.24) is 10.2 Å². The van der Waals surface area contributed by atoms with Crippen LogP contribution >= 0.6 is 0 Å².